The van der Waals surface area contributed by atoms with Crippen LogP contribution >= 0.6 is 11.8 Å². The van der Waals surface area contributed by atoms with E-state index >= 15 is 0 Å². The van der Waals surface area contributed by atoms with E-state index in [1.165, 1.54) is 24.6 Å². The van der Waals surface area contributed by atoms with Gasteiger partial charge < -0.3 is 25.1 Å². The Morgan fingerprint density at radius 2 is 2.21 bits per heavy atom. The number of hydrogen-bond donors (Lipinski definition) is 2. The van der Waals surface area contributed by atoms with Gasteiger partial charge in [-0.05, 0) is 69.1 Å². The van der Waals surface area contributed by atoms with Gasteiger partial charge in [-0.15, -0.1) is 0 Å². The molecule has 0 amide bonds. The lowest BCUT2D eigenvalue weighted by atomic mass is 10.0. The van der Waals surface area contributed by atoms with E-state index in [0.29, 0.717) is 13.2 Å². The summed E-state index contributed by atoms with van der Waals surface area (Å²) in [5.41, 5.74) is 3.81. The van der Waals surface area contributed by atoms with Gasteiger partial charge >= 0.3 is 0 Å². The van der Waals surface area contributed by atoms with Crippen molar-refractivity contribution in [3.8, 4) is 0 Å². The van der Waals surface area contributed by atoms with Gasteiger partial charge in [0.2, 0.25) is 0 Å². The normalized spacial score (nSPS) is 25.2. The SMILES string of the molecule is CSC1(c2cc(N3CCOCC3C)nc3c(/C(=C/C=N)NC4CCCCO4)nccc23)CC1. The molecule has 1 saturated carbocycles. The van der Waals surface area contributed by atoms with Gasteiger partial charge in [0.15, 0.2) is 0 Å². The van der Waals surface area contributed by atoms with E-state index < -0.39 is 0 Å². The number of anilines is 1. The van der Waals surface area contributed by atoms with Crippen LogP contribution in [0.25, 0.3) is 16.6 Å². The highest BCUT2D eigenvalue weighted by atomic mass is 32.2. The zero-order valence-electron chi connectivity index (χ0n) is 19.5. The van der Waals surface area contributed by atoms with Crippen LogP contribution in [0.2, 0.25) is 0 Å². The number of allylic oxidation sites excluding steroid dienone is 1. The maximum absolute atomic E-state index is 7.76. The minimum absolute atomic E-state index is 0.0649. The molecule has 3 fully saturated rings. The third-order valence-corrected chi connectivity index (χ3v) is 8.37. The van der Waals surface area contributed by atoms with Gasteiger partial charge in [0.25, 0.3) is 0 Å². The summed E-state index contributed by atoms with van der Waals surface area (Å²) in [5, 5.41) is 12.4. The van der Waals surface area contributed by atoms with E-state index in [2.05, 4.69) is 35.5 Å². The van der Waals surface area contributed by atoms with E-state index in [9.17, 15) is 0 Å². The van der Waals surface area contributed by atoms with Gasteiger partial charge in [-0.1, -0.05) is 0 Å². The Hall–Kier alpha value is -2.16. The molecule has 2 atom stereocenters. The molecule has 2 N–H and O–H groups in total. The molecule has 0 bridgehead atoms. The molecule has 0 radical (unpaired) electrons. The maximum atomic E-state index is 7.76. The fraction of sp³-hybridized carbons (Fsp3) is 0.560. The van der Waals surface area contributed by atoms with Crippen LogP contribution in [-0.2, 0) is 14.2 Å². The van der Waals surface area contributed by atoms with Crippen LogP contribution in [-0.4, -0.2) is 61.1 Å². The number of fused-ring (bicyclic) bond motifs is 1. The Morgan fingerprint density at radius 3 is 2.91 bits per heavy atom. The Labute approximate surface area is 199 Å². The third kappa shape index (κ3) is 4.48. The van der Waals surface area contributed by atoms with Crippen molar-refractivity contribution in [3.63, 3.8) is 0 Å². The molecule has 4 heterocycles. The van der Waals surface area contributed by atoms with Gasteiger partial charge in [-0.25, -0.2) is 4.98 Å². The highest BCUT2D eigenvalue weighted by Crippen LogP contribution is 2.58. The molecule has 1 aliphatic carbocycles. The summed E-state index contributed by atoms with van der Waals surface area (Å²) in [7, 11) is 0. The molecule has 2 saturated heterocycles. The van der Waals surface area contributed by atoms with Gasteiger partial charge in [-0.2, -0.15) is 11.8 Å². The molecule has 33 heavy (non-hydrogen) atoms. The van der Waals surface area contributed by atoms with Crippen molar-refractivity contribution in [1.29, 1.82) is 5.41 Å². The largest absolute Gasteiger partial charge is 0.377 e. The van der Waals surface area contributed by atoms with Crippen LogP contribution < -0.4 is 10.2 Å². The Kier molecular flexibility index (Phi) is 6.58. The van der Waals surface area contributed by atoms with Crippen LogP contribution in [0.5, 0.6) is 0 Å². The summed E-state index contributed by atoms with van der Waals surface area (Å²) in [6, 6.07) is 4.67. The van der Waals surface area contributed by atoms with Crippen molar-refractivity contribution in [2.24, 2.45) is 0 Å². The highest BCUT2D eigenvalue weighted by molar-refractivity contribution is 7.99. The van der Waals surface area contributed by atoms with Crippen molar-refractivity contribution in [2.75, 3.05) is 37.5 Å². The number of aromatic nitrogens is 2. The molecule has 5 rings (SSSR count). The summed E-state index contributed by atoms with van der Waals surface area (Å²) in [5.74, 6) is 0.992. The molecule has 2 unspecified atom stereocenters. The van der Waals surface area contributed by atoms with Crippen molar-refractivity contribution in [3.05, 3.63) is 35.7 Å². The zero-order valence-corrected chi connectivity index (χ0v) is 20.3. The van der Waals surface area contributed by atoms with E-state index in [0.717, 1.165) is 60.5 Å². The number of pyridine rings is 2. The fourth-order valence-electron chi connectivity index (χ4n) is 4.93. The molecule has 0 spiro atoms. The molecule has 0 aromatic carbocycles. The average molecular weight is 468 g/mol. The van der Waals surface area contributed by atoms with E-state index in [1.807, 2.05) is 18.0 Å². The van der Waals surface area contributed by atoms with Crippen LogP contribution in [0.3, 0.4) is 0 Å². The molecule has 3 aliphatic rings. The van der Waals surface area contributed by atoms with Crippen LogP contribution in [0.1, 0.15) is 50.3 Å². The first-order chi connectivity index (χ1) is 16.1. The summed E-state index contributed by atoms with van der Waals surface area (Å²) in [6.07, 6.45) is 12.6. The number of morpholine rings is 1. The van der Waals surface area contributed by atoms with Crippen molar-refractivity contribution >= 4 is 40.4 Å². The second-order valence-electron chi connectivity index (χ2n) is 9.15. The minimum Gasteiger partial charge on any atom is -0.377 e. The quantitative estimate of drug-likeness (QED) is 0.587. The average Bonchev–Trinajstić information content (AvgIpc) is 3.65. The molecule has 7 nitrogen and oxygen atoms in total. The molecule has 2 aromatic heterocycles. The van der Waals surface area contributed by atoms with Crippen molar-refractivity contribution < 1.29 is 9.47 Å². The Balaban J connectivity index is 1.64. The van der Waals surface area contributed by atoms with Gasteiger partial charge in [0.05, 0.1) is 25.0 Å². The van der Waals surface area contributed by atoms with Gasteiger partial charge in [0, 0.05) is 35.7 Å². The van der Waals surface area contributed by atoms with Crippen molar-refractivity contribution in [1.82, 2.24) is 15.3 Å². The number of nitrogens with zero attached hydrogens (tertiary/aromatic N) is 3. The topological polar surface area (TPSA) is 83.4 Å². The fourth-order valence-corrected chi connectivity index (χ4v) is 5.83. The minimum atomic E-state index is -0.0649. The van der Waals surface area contributed by atoms with E-state index in [1.54, 1.807) is 6.08 Å². The summed E-state index contributed by atoms with van der Waals surface area (Å²) in [6.45, 7) is 5.21. The number of ether oxygens (including phenoxy) is 2. The second-order valence-corrected chi connectivity index (χ2v) is 10.3. The number of nitrogens with one attached hydrogen (secondary N) is 2. The number of thioether (sulfide) groups is 1. The first kappa shape index (κ1) is 22.6. The lowest BCUT2D eigenvalue weighted by Gasteiger charge is -2.35. The molecule has 8 heteroatoms. The first-order valence-corrected chi connectivity index (χ1v) is 13.2. The lowest BCUT2D eigenvalue weighted by Crippen LogP contribution is -2.44. The molecule has 176 valence electrons. The smallest absolute Gasteiger partial charge is 0.130 e. The molecular weight excluding hydrogens is 434 g/mol. The van der Waals surface area contributed by atoms with E-state index in [-0.39, 0.29) is 17.0 Å². The van der Waals surface area contributed by atoms with E-state index in [4.69, 9.17) is 24.9 Å². The molecular formula is C25H33N5O2S. The monoisotopic (exact) mass is 467 g/mol. The molecule has 2 aliphatic heterocycles. The summed E-state index contributed by atoms with van der Waals surface area (Å²) < 4.78 is 11.8. The Morgan fingerprint density at radius 1 is 1.33 bits per heavy atom. The standard InChI is InChI=1S/C25H33N5O2S/c1-17-16-31-14-12-30(17)21-15-19(25(33-2)8-9-25)18-7-11-27-24(23(18)29-21)20(6-10-26)28-22-5-3-4-13-32-22/h6-7,10-11,15,17,22,26,28H,3-5,8-9,12-14,16H2,1-2H3/b20-6-,26-10?. The maximum Gasteiger partial charge on any atom is 0.130 e. The summed E-state index contributed by atoms with van der Waals surface area (Å²) >= 11 is 1.94. The van der Waals surface area contributed by atoms with Gasteiger partial charge in [-0.3, -0.25) is 4.98 Å². The lowest BCUT2D eigenvalue weighted by molar-refractivity contribution is 0.00530. The summed E-state index contributed by atoms with van der Waals surface area (Å²) in [4.78, 5) is 12.3. The first-order valence-electron chi connectivity index (χ1n) is 11.9. The predicted molar refractivity (Wildman–Crippen MR) is 135 cm³/mol. The number of rotatable bonds is 7. The van der Waals surface area contributed by atoms with Crippen LogP contribution in [0.4, 0.5) is 5.82 Å². The van der Waals surface area contributed by atoms with Gasteiger partial charge in [0.1, 0.15) is 23.3 Å². The van der Waals surface area contributed by atoms with Crippen LogP contribution in [0, 0.1) is 5.41 Å². The molecule has 2 aromatic rings. The highest BCUT2D eigenvalue weighted by Gasteiger charge is 2.45. The Bertz CT molecular complexity index is 1050. The van der Waals surface area contributed by atoms with Crippen LogP contribution in [0.15, 0.2) is 24.4 Å². The zero-order chi connectivity index (χ0) is 22.8. The van der Waals surface area contributed by atoms with Crippen molar-refractivity contribution in [2.45, 2.75) is 56.0 Å². The number of hydrogen-bond acceptors (Lipinski definition) is 8. The second kappa shape index (κ2) is 9.60. The third-order valence-electron chi connectivity index (χ3n) is 6.96. The predicted octanol–water partition coefficient (Wildman–Crippen LogP) is 4.31.